The van der Waals surface area contributed by atoms with Gasteiger partial charge in [-0.15, -0.1) is 0 Å². The Bertz CT molecular complexity index is 843. The molecule has 0 saturated carbocycles. The van der Waals surface area contributed by atoms with Gasteiger partial charge in [-0.2, -0.15) is 0 Å². The molecule has 0 saturated heterocycles. The summed E-state index contributed by atoms with van der Waals surface area (Å²) in [6.45, 7) is -0.0653. The van der Waals surface area contributed by atoms with E-state index in [0.717, 1.165) is 0 Å². The summed E-state index contributed by atoms with van der Waals surface area (Å²) in [5, 5.41) is 2.72. The summed E-state index contributed by atoms with van der Waals surface area (Å²) >= 11 is 0. The molecule has 0 fully saturated rings. The van der Waals surface area contributed by atoms with Crippen LogP contribution in [0.25, 0.3) is 11.0 Å². The Labute approximate surface area is 120 Å². The molecule has 2 aromatic heterocycles. The van der Waals surface area contributed by atoms with Crippen molar-refractivity contribution in [3.05, 3.63) is 65.3 Å². The number of amides is 1. The fourth-order valence-corrected chi connectivity index (χ4v) is 2.06. The second kappa shape index (κ2) is 5.54. The summed E-state index contributed by atoms with van der Waals surface area (Å²) in [6, 6.07) is 10.6. The fourth-order valence-electron chi connectivity index (χ4n) is 2.06. The standard InChI is InChI=1S/C15H12N4O2/c20-14(18-11-5-7-16-8-6-11)10-19-13-4-2-1-3-12(13)17-9-15(19)21/h1-9H,10H2,(H,16,18,20). The Morgan fingerprint density at radius 3 is 2.71 bits per heavy atom. The molecule has 104 valence electrons. The normalized spacial score (nSPS) is 10.5. The second-order valence-electron chi connectivity index (χ2n) is 4.46. The zero-order valence-electron chi connectivity index (χ0n) is 11.1. The molecule has 3 rings (SSSR count). The van der Waals surface area contributed by atoms with Crippen molar-refractivity contribution in [3.63, 3.8) is 0 Å². The minimum atomic E-state index is -0.307. The quantitative estimate of drug-likeness (QED) is 0.787. The average molecular weight is 280 g/mol. The van der Waals surface area contributed by atoms with Gasteiger partial charge in [0, 0.05) is 18.1 Å². The Morgan fingerprint density at radius 2 is 1.90 bits per heavy atom. The minimum Gasteiger partial charge on any atom is -0.324 e. The zero-order chi connectivity index (χ0) is 14.7. The highest BCUT2D eigenvalue weighted by atomic mass is 16.2. The van der Waals surface area contributed by atoms with Gasteiger partial charge >= 0.3 is 0 Å². The highest BCUT2D eigenvalue weighted by Gasteiger charge is 2.08. The summed E-state index contributed by atoms with van der Waals surface area (Å²) in [5.41, 5.74) is 1.64. The average Bonchev–Trinajstić information content (AvgIpc) is 2.51. The smallest absolute Gasteiger partial charge is 0.269 e. The van der Waals surface area contributed by atoms with Gasteiger partial charge in [0.15, 0.2) is 0 Å². The van der Waals surface area contributed by atoms with E-state index in [0.29, 0.717) is 16.7 Å². The lowest BCUT2D eigenvalue weighted by Crippen LogP contribution is -2.27. The molecule has 1 N–H and O–H groups in total. The van der Waals surface area contributed by atoms with Gasteiger partial charge in [0.25, 0.3) is 5.56 Å². The molecule has 6 heteroatoms. The van der Waals surface area contributed by atoms with Crippen molar-refractivity contribution in [2.75, 3.05) is 5.32 Å². The van der Waals surface area contributed by atoms with Crippen LogP contribution in [-0.4, -0.2) is 20.4 Å². The molecule has 3 aromatic rings. The van der Waals surface area contributed by atoms with E-state index >= 15 is 0 Å². The number of hydrogen-bond acceptors (Lipinski definition) is 4. The van der Waals surface area contributed by atoms with Crippen LogP contribution in [0.4, 0.5) is 5.69 Å². The van der Waals surface area contributed by atoms with Crippen molar-refractivity contribution in [3.8, 4) is 0 Å². The highest BCUT2D eigenvalue weighted by Crippen LogP contribution is 2.09. The van der Waals surface area contributed by atoms with Crippen molar-refractivity contribution >= 4 is 22.6 Å². The Balaban J connectivity index is 1.89. The summed E-state index contributed by atoms with van der Waals surface area (Å²) in [4.78, 5) is 31.9. The molecule has 0 spiro atoms. The summed E-state index contributed by atoms with van der Waals surface area (Å²) < 4.78 is 1.40. The van der Waals surface area contributed by atoms with E-state index in [1.165, 1.54) is 10.8 Å². The molecule has 0 radical (unpaired) electrons. The maximum absolute atomic E-state index is 12.1. The lowest BCUT2D eigenvalue weighted by molar-refractivity contribution is -0.116. The van der Waals surface area contributed by atoms with Crippen LogP contribution in [0.5, 0.6) is 0 Å². The summed E-state index contributed by atoms with van der Waals surface area (Å²) in [5.74, 6) is -0.278. The van der Waals surface area contributed by atoms with Gasteiger partial charge in [0.2, 0.25) is 5.91 Å². The predicted octanol–water partition coefficient (Wildman–Crippen LogP) is 1.43. The maximum atomic E-state index is 12.1. The third-order valence-corrected chi connectivity index (χ3v) is 3.02. The number of pyridine rings is 1. The summed E-state index contributed by atoms with van der Waals surface area (Å²) in [7, 11) is 0. The van der Waals surface area contributed by atoms with Gasteiger partial charge in [-0.05, 0) is 24.3 Å². The Kier molecular flexibility index (Phi) is 3.42. The Hall–Kier alpha value is -3.02. The molecule has 0 aliphatic rings. The van der Waals surface area contributed by atoms with Gasteiger partial charge in [0.05, 0.1) is 17.2 Å². The number of carbonyl (C=O) groups excluding carboxylic acids is 1. The van der Waals surface area contributed by atoms with Crippen molar-refractivity contribution in [2.24, 2.45) is 0 Å². The molecular weight excluding hydrogens is 268 g/mol. The van der Waals surface area contributed by atoms with Crippen LogP contribution in [0.2, 0.25) is 0 Å². The highest BCUT2D eigenvalue weighted by molar-refractivity contribution is 5.91. The van der Waals surface area contributed by atoms with Gasteiger partial charge in [-0.25, -0.2) is 4.98 Å². The first kappa shape index (κ1) is 13.0. The largest absolute Gasteiger partial charge is 0.324 e. The number of aromatic nitrogens is 3. The van der Waals surface area contributed by atoms with Crippen molar-refractivity contribution < 1.29 is 4.79 Å². The molecule has 0 aliphatic heterocycles. The van der Waals surface area contributed by atoms with E-state index in [4.69, 9.17) is 0 Å². The molecular formula is C15H12N4O2. The number of para-hydroxylation sites is 2. The Morgan fingerprint density at radius 1 is 1.14 bits per heavy atom. The number of hydrogen-bond donors (Lipinski definition) is 1. The first-order valence-electron chi connectivity index (χ1n) is 6.38. The predicted molar refractivity (Wildman–Crippen MR) is 78.9 cm³/mol. The minimum absolute atomic E-state index is 0.0653. The van der Waals surface area contributed by atoms with E-state index in [1.807, 2.05) is 6.07 Å². The first-order chi connectivity index (χ1) is 10.2. The lowest BCUT2D eigenvalue weighted by Gasteiger charge is -2.09. The molecule has 0 aliphatic carbocycles. The van der Waals surface area contributed by atoms with Gasteiger partial charge in [-0.3, -0.25) is 19.1 Å². The van der Waals surface area contributed by atoms with Gasteiger partial charge in [0.1, 0.15) is 6.54 Å². The van der Waals surface area contributed by atoms with E-state index in [-0.39, 0.29) is 18.0 Å². The fraction of sp³-hybridized carbons (Fsp3) is 0.0667. The zero-order valence-corrected chi connectivity index (χ0v) is 11.1. The molecule has 2 heterocycles. The van der Waals surface area contributed by atoms with Gasteiger partial charge < -0.3 is 5.32 Å². The molecule has 6 nitrogen and oxygen atoms in total. The number of nitrogens with one attached hydrogen (secondary N) is 1. The van der Waals surface area contributed by atoms with Crippen LogP contribution in [0.1, 0.15) is 0 Å². The first-order valence-corrected chi connectivity index (χ1v) is 6.38. The number of anilines is 1. The van der Waals surface area contributed by atoms with E-state index in [1.54, 1.807) is 42.7 Å². The van der Waals surface area contributed by atoms with Crippen molar-refractivity contribution in [1.82, 2.24) is 14.5 Å². The topological polar surface area (TPSA) is 76.9 Å². The number of rotatable bonds is 3. The van der Waals surface area contributed by atoms with Crippen LogP contribution in [-0.2, 0) is 11.3 Å². The van der Waals surface area contributed by atoms with Crippen LogP contribution in [0.3, 0.4) is 0 Å². The van der Waals surface area contributed by atoms with Crippen LogP contribution >= 0.6 is 0 Å². The molecule has 0 atom stereocenters. The van der Waals surface area contributed by atoms with Crippen molar-refractivity contribution in [1.29, 1.82) is 0 Å². The number of benzene rings is 1. The molecule has 1 aromatic carbocycles. The second-order valence-corrected chi connectivity index (χ2v) is 4.46. The van der Waals surface area contributed by atoms with Crippen molar-refractivity contribution in [2.45, 2.75) is 6.54 Å². The molecule has 21 heavy (non-hydrogen) atoms. The van der Waals surface area contributed by atoms with Crippen LogP contribution in [0.15, 0.2) is 59.8 Å². The SMILES string of the molecule is O=C(Cn1c(=O)cnc2ccccc21)Nc1ccncc1. The maximum Gasteiger partial charge on any atom is 0.269 e. The van der Waals surface area contributed by atoms with E-state index < -0.39 is 0 Å². The third kappa shape index (κ3) is 2.79. The molecule has 0 bridgehead atoms. The van der Waals surface area contributed by atoms with Gasteiger partial charge in [-0.1, -0.05) is 12.1 Å². The van der Waals surface area contributed by atoms with Crippen LogP contribution < -0.4 is 10.9 Å². The van der Waals surface area contributed by atoms with Crippen LogP contribution in [0, 0.1) is 0 Å². The molecule has 0 unspecified atom stereocenters. The third-order valence-electron chi connectivity index (χ3n) is 3.02. The molecule has 1 amide bonds. The lowest BCUT2D eigenvalue weighted by atomic mass is 10.3. The number of fused-ring (bicyclic) bond motifs is 1. The number of nitrogens with zero attached hydrogens (tertiary/aromatic N) is 3. The summed E-state index contributed by atoms with van der Waals surface area (Å²) in [6.07, 6.45) is 4.40. The van der Waals surface area contributed by atoms with E-state index in [2.05, 4.69) is 15.3 Å². The number of carbonyl (C=O) groups is 1. The monoisotopic (exact) mass is 280 g/mol. The van der Waals surface area contributed by atoms with E-state index in [9.17, 15) is 9.59 Å².